The number of ether oxygens (including phenoxy) is 2. The zero-order chi connectivity index (χ0) is 17.5. The molecule has 0 bridgehead atoms. The van der Waals surface area contributed by atoms with Crippen molar-refractivity contribution in [2.24, 2.45) is 0 Å². The molecule has 2 aromatic rings. The van der Waals surface area contributed by atoms with E-state index in [1.807, 2.05) is 48.9 Å². The van der Waals surface area contributed by atoms with Gasteiger partial charge in [-0.25, -0.2) is 0 Å². The number of hydrogen-bond acceptors (Lipinski definition) is 4. The Hall–Kier alpha value is -2.14. The van der Waals surface area contributed by atoms with Gasteiger partial charge in [-0.1, -0.05) is 6.07 Å². The molecule has 0 aliphatic heterocycles. The second-order valence-corrected chi connectivity index (χ2v) is 6.40. The Kier molecular flexibility index (Phi) is 6.55. The zero-order valence-electron chi connectivity index (χ0n) is 14.5. The summed E-state index contributed by atoms with van der Waals surface area (Å²) in [6.07, 6.45) is 6.00. The smallest absolute Gasteiger partial charge is 0.182 e. The monoisotopic (exact) mass is 345 g/mol. The van der Waals surface area contributed by atoms with E-state index in [0.717, 1.165) is 34.2 Å². The van der Waals surface area contributed by atoms with Crippen LogP contribution in [0.3, 0.4) is 0 Å². The Morgan fingerprint density at radius 1 is 1.12 bits per heavy atom. The maximum atomic E-state index is 11.5. The van der Waals surface area contributed by atoms with E-state index < -0.39 is 0 Å². The van der Waals surface area contributed by atoms with Gasteiger partial charge in [0.15, 0.2) is 16.9 Å². The maximum Gasteiger partial charge on any atom is 0.182 e. The molecular weight excluding hydrogens is 322 g/mol. The molecule has 128 valence electrons. The van der Waals surface area contributed by atoms with E-state index in [4.69, 9.17) is 9.47 Å². The number of nitrogens with zero attached hydrogens (tertiary/aromatic N) is 1. The van der Waals surface area contributed by atoms with Crippen LogP contribution in [0, 0.1) is 13.8 Å². The maximum absolute atomic E-state index is 11.5. The quantitative estimate of drug-likeness (QED) is 0.715. The van der Waals surface area contributed by atoms with Crippen LogP contribution in [-0.2, 0) is 0 Å². The van der Waals surface area contributed by atoms with Crippen molar-refractivity contribution in [1.82, 2.24) is 4.57 Å². The molecule has 5 heteroatoms. The molecule has 24 heavy (non-hydrogen) atoms. The van der Waals surface area contributed by atoms with Gasteiger partial charge in [-0.2, -0.15) is 11.8 Å². The molecule has 2 rings (SSSR count). The van der Waals surface area contributed by atoms with E-state index in [1.54, 1.807) is 31.0 Å². The average molecular weight is 345 g/mol. The Morgan fingerprint density at radius 2 is 1.83 bits per heavy atom. The summed E-state index contributed by atoms with van der Waals surface area (Å²) in [6.45, 7) is 4.48. The molecule has 4 nitrogen and oxygen atoms in total. The lowest BCUT2D eigenvalue weighted by molar-refractivity contribution is 0.313. The topological polar surface area (TPSA) is 40.5 Å². The van der Waals surface area contributed by atoms with E-state index in [9.17, 15) is 4.79 Å². The molecule has 0 spiro atoms. The van der Waals surface area contributed by atoms with Crippen LogP contribution < -0.4 is 14.9 Å². The highest BCUT2D eigenvalue weighted by Crippen LogP contribution is 2.28. The minimum atomic E-state index is 0.0311. The lowest BCUT2D eigenvalue weighted by Crippen LogP contribution is -2.08. The Morgan fingerprint density at radius 3 is 2.46 bits per heavy atom. The summed E-state index contributed by atoms with van der Waals surface area (Å²) in [4.78, 5) is 11.5. The van der Waals surface area contributed by atoms with Gasteiger partial charge in [-0.15, -0.1) is 0 Å². The molecule has 0 saturated heterocycles. The highest BCUT2D eigenvalue weighted by atomic mass is 32.2. The number of rotatable bonds is 7. The predicted octanol–water partition coefficient (Wildman–Crippen LogP) is 3.84. The van der Waals surface area contributed by atoms with Crippen molar-refractivity contribution in [3.8, 4) is 11.5 Å². The lowest BCUT2D eigenvalue weighted by Gasteiger charge is -2.12. The van der Waals surface area contributed by atoms with Crippen LogP contribution in [0.2, 0.25) is 0 Å². The van der Waals surface area contributed by atoms with Crippen LogP contribution in [0.1, 0.15) is 17.0 Å². The molecule has 0 saturated carbocycles. The van der Waals surface area contributed by atoms with Gasteiger partial charge in [-0.3, -0.25) is 4.79 Å². The van der Waals surface area contributed by atoms with Gasteiger partial charge >= 0.3 is 0 Å². The third kappa shape index (κ3) is 4.68. The van der Waals surface area contributed by atoms with Gasteiger partial charge in [0.2, 0.25) is 0 Å². The summed E-state index contributed by atoms with van der Waals surface area (Å²) in [7, 11) is 1.64. The van der Waals surface area contributed by atoms with Gasteiger partial charge in [0.1, 0.15) is 0 Å². The largest absolute Gasteiger partial charge is 0.493 e. The summed E-state index contributed by atoms with van der Waals surface area (Å²) >= 11 is 1.74. The molecule has 0 unspecified atom stereocenters. The first kappa shape index (κ1) is 18.2. The van der Waals surface area contributed by atoms with E-state index in [1.165, 1.54) is 0 Å². The van der Waals surface area contributed by atoms with Crippen LogP contribution in [-0.4, -0.2) is 30.3 Å². The third-order valence-corrected chi connectivity index (χ3v) is 4.19. The summed E-state index contributed by atoms with van der Waals surface area (Å²) < 4.78 is 13.1. The molecular formula is C19H23NO3S. The van der Waals surface area contributed by atoms with Gasteiger partial charge < -0.3 is 14.0 Å². The summed E-state index contributed by atoms with van der Waals surface area (Å²) in [5, 5.41) is 0. The van der Waals surface area contributed by atoms with Crippen molar-refractivity contribution in [3.05, 3.63) is 57.5 Å². The van der Waals surface area contributed by atoms with Gasteiger partial charge in [-0.05, 0) is 43.9 Å². The van der Waals surface area contributed by atoms with Gasteiger partial charge in [0.05, 0.1) is 13.7 Å². The Balaban J connectivity index is 2.26. The fraction of sp³-hybridized carbons (Fsp3) is 0.316. The highest BCUT2D eigenvalue weighted by Gasteiger charge is 2.05. The fourth-order valence-electron chi connectivity index (χ4n) is 2.41. The number of thioether (sulfide) groups is 1. The van der Waals surface area contributed by atoms with Crippen molar-refractivity contribution in [3.63, 3.8) is 0 Å². The van der Waals surface area contributed by atoms with Gasteiger partial charge in [0.25, 0.3) is 0 Å². The molecule has 1 aromatic carbocycles. The highest BCUT2D eigenvalue weighted by molar-refractivity contribution is 7.98. The molecule has 0 atom stereocenters. The molecule has 0 N–H and O–H groups in total. The molecule has 0 amide bonds. The Labute approximate surface area is 147 Å². The van der Waals surface area contributed by atoms with Crippen LogP contribution in [0.5, 0.6) is 11.5 Å². The van der Waals surface area contributed by atoms with E-state index in [0.29, 0.717) is 6.61 Å². The normalized spacial score (nSPS) is 11.0. The van der Waals surface area contributed by atoms with Gasteiger partial charge in [0, 0.05) is 35.5 Å². The van der Waals surface area contributed by atoms with Crippen molar-refractivity contribution in [2.45, 2.75) is 13.8 Å². The molecule has 0 aliphatic carbocycles. The number of methoxy groups -OCH3 is 1. The van der Waals surface area contributed by atoms with E-state index >= 15 is 0 Å². The molecule has 0 aliphatic rings. The van der Waals surface area contributed by atoms with Crippen LogP contribution >= 0.6 is 11.8 Å². The zero-order valence-corrected chi connectivity index (χ0v) is 15.4. The first-order valence-electron chi connectivity index (χ1n) is 7.73. The molecule has 0 fully saturated rings. The second kappa shape index (κ2) is 8.64. The van der Waals surface area contributed by atoms with Crippen LogP contribution in [0.4, 0.5) is 0 Å². The molecule has 0 radical (unpaired) electrons. The molecule has 1 heterocycles. The van der Waals surface area contributed by atoms with Crippen LogP contribution in [0.15, 0.2) is 35.1 Å². The summed E-state index contributed by atoms with van der Waals surface area (Å²) in [5.41, 5.74) is 2.85. The third-order valence-electron chi connectivity index (χ3n) is 3.61. The first-order valence-corrected chi connectivity index (χ1v) is 9.12. The summed E-state index contributed by atoms with van der Waals surface area (Å²) in [5.74, 6) is 2.39. The first-order chi connectivity index (χ1) is 11.5. The van der Waals surface area contributed by atoms with E-state index in [-0.39, 0.29) is 5.43 Å². The minimum absolute atomic E-state index is 0.0311. The average Bonchev–Trinajstić information content (AvgIpc) is 2.54. The van der Waals surface area contributed by atoms with Crippen LogP contribution in [0.25, 0.3) is 12.3 Å². The number of pyridine rings is 1. The SMILES string of the molecule is COc1ccc(C=Cn2c(C)cc(=O)cc2C)cc1OCCSC. The number of aryl methyl sites for hydroxylation is 2. The molecule has 1 aromatic heterocycles. The number of aromatic nitrogens is 1. The standard InChI is InChI=1S/C19H23NO3S/c1-14-11-17(21)12-15(2)20(14)8-7-16-5-6-18(22-3)19(13-16)23-9-10-24-4/h5-8,11-13H,9-10H2,1-4H3. The number of benzene rings is 1. The second-order valence-electron chi connectivity index (χ2n) is 5.41. The summed E-state index contributed by atoms with van der Waals surface area (Å²) in [6, 6.07) is 9.09. The number of hydrogen-bond donors (Lipinski definition) is 0. The van der Waals surface area contributed by atoms with Crippen molar-refractivity contribution >= 4 is 24.0 Å². The Bertz CT molecular complexity index is 754. The van der Waals surface area contributed by atoms with Crippen molar-refractivity contribution < 1.29 is 9.47 Å². The lowest BCUT2D eigenvalue weighted by atomic mass is 10.2. The minimum Gasteiger partial charge on any atom is -0.493 e. The fourth-order valence-corrected chi connectivity index (χ4v) is 2.66. The van der Waals surface area contributed by atoms with E-state index in [2.05, 4.69) is 6.26 Å². The predicted molar refractivity (Wildman–Crippen MR) is 102 cm³/mol. The van der Waals surface area contributed by atoms with Crippen molar-refractivity contribution in [2.75, 3.05) is 25.7 Å². The van der Waals surface area contributed by atoms with Crippen molar-refractivity contribution in [1.29, 1.82) is 0 Å².